The van der Waals surface area contributed by atoms with E-state index in [9.17, 15) is 14.7 Å². The number of carboxylic acids is 1. The lowest BCUT2D eigenvalue weighted by atomic mass is 9.93. The van der Waals surface area contributed by atoms with Crippen molar-refractivity contribution < 1.29 is 14.3 Å². The van der Waals surface area contributed by atoms with Crippen LogP contribution in [0.1, 0.15) is 17.3 Å². The van der Waals surface area contributed by atoms with Gasteiger partial charge in [0.05, 0.1) is 15.8 Å². The Balaban J connectivity index is 1.91. The van der Waals surface area contributed by atoms with Gasteiger partial charge in [0.25, 0.3) is 0 Å². The fraction of sp³-hybridized carbons (Fsp3) is 0.0800. The molecule has 0 bridgehead atoms. The van der Waals surface area contributed by atoms with Crippen LogP contribution in [0, 0.1) is 0 Å². The first kappa shape index (κ1) is 20.0. The zero-order chi connectivity index (χ0) is 22.2. The zero-order valence-corrected chi connectivity index (χ0v) is 17.9. The van der Waals surface area contributed by atoms with Crippen LogP contribution in [0.4, 0.5) is 5.69 Å². The summed E-state index contributed by atoms with van der Waals surface area (Å²) in [6, 6.07) is 19.8. The van der Waals surface area contributed by atoms with Crippen LogP contribution in [-0.4, -0.2) is 22.6 Å². The molecule has 6 nitrogen and oxygen atoms in total. The molecule has 0 saturated heterocycles. The van der Waals surface area contributed by atoms with Crippen molar-refractivity contribution in [3.8, 4) is 21.7 Å². The van der Waals surface area contributed by atoms with Gasteiger partial charge in [-0.25, -0.2) is 14.6 Å². The van der Waals surface area contributed by atoms with Gasteiger partial charge in [0, 0.05) is 29.2 Å². The number of benzene rings is 3. The number of para-hydroxylation sites is 1. The van der Waals surface area contributed by atoms with Gasteiger partial charge in [-0.2, -0.15) is 0 Å². The van der Waals surface area contributed by atoms with Crippen molar-refractivity contribution in [2.24, 2.45) is 0 Å². The van der Waals surface area contributed by atoms with E-state index in [-0.39, 0.29) is 11.1 Å². The summed E-state index contributed by atoms with van der Waals surface area (Å²) in [6.45, 7) is 2.69. The van der Waals surface area contributed by atoms with Crippen LogP contribution in [0.2, 0.25) is 0 Å². The Hall–Kier alpha value is -3.97. The molecule has 5 rings (SSSR count). The van der Waals surface area contributed by atoms with E-state index >= 15 is 0 Å². The van der Waals surface area contributed by atoms with Crippen molar-refractivity contribution in [2.45, 2.75) is 6.92 Å². The number of nitrogens with zero attached hydrogens (tertiary/aromatic N) is 1. The third-order valence-electron chi connectivity index (χ3n) is 5.22. The predicted molar refractivity (Wildman–Crippen MR) is 128 cm³/mol. The molecule has 0 atom stereocenters. The van der Waals surface area contributed by atoms with Gasteiger partial charge in [0.15, 0.2) is 0 Å². The number of hydrogen-bond donors (Lipinski definition) is 2. The van der Waals surface area contributed by atoms with Crippen LogP contribution in [0.3, 0.4) is 0 Å². The molecule has 158 valence electrons. The molecule has 0 aliphatic rings. The van der Waals surface area contributed by atoms with Gasteiger partial charge in [0.1, 0.15) is 16.2 Å². The molecule has 0 aliphatic heterocycles. The van der Waals surface area contributed by atoms with Gasteiger partial charge in [0.2, 0.25) is 0 Å². The molecule has 0 unspecified atom stereocenters. The second kappa shape index (κ2) is 7.94. The molecule has 0 saturated carbocycles. The number of aromatic nitrogens is 1. The summed E-state index contributed by atoms with van der Waals surface area (Å²) in [5, 5.41) is 14.2. The van der Waals surface area contributed by atoms with E-state index in [0.717, 1.165) is 15.9 Å². The Morgan fingerprint density at radius 2 is 1.84 bits per heavy atom. The van der Waals surface area contributed by atoms with Crippen molar-refractivity contribution in [1.82, 2.24) is 4.98 Å². The largest absolute Gasteiger partial charge is 0.478 e. The molecule has 32 heavy (non-hydrogen) atoms. The topological polar surface area (TPSA) is 92.4 Å². The van der Waals surface area contributed by atoms with Crippen molar-refractivity contribution in [3.05, 3.63) is 82.7 Å². The molecule has 2 heterocycles. The molecule has 0 amide bonds. The second-order valence-corrected chi connectivity index (χ2v) is 8.25. The summed E-state index contributed by atoms with van der Waals surface area (Å²) in [7, 11) is 0. The average molecular weight is 442 g/mol. The highest BCUT2D eigenvalue weighted by Crippen LogP contribution is 2.40. The van der Waals surface area contributed by atoms with Crippen LogP contribution in [0.5, 0.6) is 0 Å². The molecule has 0 spiro atoms. The van der Waals surface area contributed by atoms with E-state index in [1.54, 1.807) is 24.3 Å². The molecular weight excluding hydrogens is 424 g/mol. The van der Waals surface area contributed by atoms with E-state index in [2.05, 4.69) is 10.3 Å². The molecule has 0 aliphatic carbocycles. The highest BCUT2D eigenvalue weighted by atomic mass is 32.1. The maximum absolute atomic E-state index is 13.3. The first-order valence-corrected chi connectivity index (χ1v) is 10.9. The van der Waals surface area contributed by atoms with E-state index in [1.165, 1.54) is 17.4 Å². The highest BCUT2D eigenvalue weighted by molar-refractivity contribution is 7.21. The number of anilines is 1. The molecule has 2 aromatic heterocycles. The van der Waals surface area contributed by atoms with Gasteiger partial charge in [-0.15, -0.1) is 11.3 Å². The molecule has 0 radical (unpaired) electrons. The van der Waals surface area contributed by atoms with E-state index in [0.29, 0.717) is 33.6 Å². The van der Waals surface area contributed by atoms with Gasteiger partial charge in [-0.3, -0.25) is 0 Å². The third kappa shape index (κ3) is 3.33. The quantitative estimate of drug-likeness (QED) is 0.331. The van der Waals surface area contributed by atoms with Gasteiger partial charge in [-0.1, -0.05) is 30.3 Å². The van der Waals surface area contributed by atoms with Crippen LogP contribution in [-0.2, 0) is 0 Å². The Morgan fingerprint density at radius 1 is 1.06 bits per heavy atom. The summed E-state index contributed by atoms with van der Waals surface area (Å²) < 4.78 is 6.65. The van der Waals surface area contributed by atoms with Crippen molar-refractivity contribution >= 4 is 44.2 Å². The number of carbonyl (C=O) groups is 1. The van der Waals surface area contributed by atoms with Crippen LogP contribution in [0.25, 0.3) is 42.9 Å². The molecular formula is C25H18N2O4S. The van der Waals surface area contributed by atoms with Crippen LogP contribution >= 0.6 is 11.3 Å². The summed E-state index contributed by atoms with van der Waals surface area (Å²) in [4.78, 5) is 30.0. The average Bonchev–Trinajstić information content (AvgIpc) is 3.22. The van der Waals surface area contributed by atoms with Gasteiger partial charge in [-0.05, 0) is 42.8 Å². The lowest BCUT2D eigenvalue weighted by molar-refractivity contribution is 0.0697. The molecule has 7 heteroatoms. The molecule has 0 fully saturated rings. The number of nitrogens with one attached hydrogen (secondary N) is 1. The lowest BCUT2D eigenvalue weighted by Crippen LogP contribution is -2.08. The molecule has 5 aromatic rings. The fourth-order valence-electron chi connectivity index (χ4n) is 3.86. The minimum atomic E-state index is -1.07. The van der Waals surface area contributed by atoms with Crippen LogP contribution < -0.4 is 10.9 Å². The maximum atomic E-state index is 13.3. The lowest BCUT2D eigenvalue weighted by Gasteiger charge is -2.14. The van der Waals surface area contributed by atoms with Crippen molar-refractivity contribution in [3.63, 3.8) is 0 Å². The van der Waals surface area contributed by atoms with E-state index < -0.39 is 11.6 Å². The SMILES string of the molecule is CCNc1ccc2c(-c3ccccc3C(=O)O)c(-c3nc4ccccc4s3)c(=O)oc2c1. The number of aromatic carboxylic acids is 1. The van der Waals surface area contributed by atoms with Gasteiger partial charge < -0.3 is 14.8 Å². The summed E-state index contributed by atoms with van der Waals surface area (Å²) in [5.74, 6) is -1.07. The Labute approximate surface area is 186 Å². The highest BCUT2D eigenvalue weighted by Gasteiger charge is 2.24. The normalized spacial score (nSPS) is 11.2. The number of carboxylic acid groups (broad SMARTS) is 1. The predicted octanol–water partition coefficient (Wildman–Crippen LogP) is 5.87. The van der Waals surface area contributed by atoms with Crippen molar-refractivity contribution in [2.75, 3.05) is 11.9 Å². The zero-order valence-electron chi connectivity index (χ0n) is 17.1. The fourth-order valence-corrected chi connectivity index (χ4v) is 4.86. The molecule has 3 aromatic carbocycles. The summed E-state index contributed by atoms with van der Waals surface area (Å²) in [5.41, 5.74) is 2.75. The Kier molecular flexibility index (Phi) is 4.95. The smallest absolute Gasteiger partial charge is 0.347 e. The number of rotatable bonds is 5. The summed E-state index contributed by atoms with van der Waals surface area (Å²) in [6.07, 6.45) is 0. The first-order valence-electron chi connectivity index (χ1n) is 10.1. The second-order valence-electron chi connectivity index (χ2n) is 7.22. The maximum Gasteiger partial charge on any atom is 0.347 e. The van der Waals surface area contributed by atoms with Gasteiger partial charge >= 0.3 is 11.6 Å². The monoisotopic (exact) mass is 442 g/mol. The number of fused-ring (bicyclic) bond motifs is 2. The number of hydrogen-bond acceptors (Lipinski definition) is 6. The Bertz CT molecular complexity index is 1520. The van der Waals surface area contributed by atoms with Crippen LogP contribution in [0.15, 0.2) is 75.9 Å². The summed E-state index contributed by atoms with van der Waals surface area (Å²) >= 11 is 1.38. The minimum absolute atomic E-state index is 0.109. The van der Waals surface area contributed by atoms with Crippen molar-refractivity contribution in [1.29, 1.82) is 0 Å². The van der Waals surface area contributed by atoms with E-state index in [1.807, 2.05) is 43.3 Å². The Morgan fingerprint density at radius 3 is 2.62 bits per heavy atom. The standard InChI is InChI=1S/C25H18N2O4S/c1-2-26-14-11-12-17-19(13-14)31-25(30)22(23-27-18-9-5-6-10-20(18)32-23)21(17)15-7-3-4-8-16(15)24(28)29/h3-13,26H,2H2,1H3,(H,28,29). The third-order valence-corrected chi connectivity index (χ3v) is 6.28. The first-order chi connectivity index (χ1) is 15.6. The minimum Gasteiger partial charge on any atom is -0.478 e. The molecule has 2 N–H and O–H groups in total. The van der Waals surface area contributed by atoms with E-state index in [4.69, 9.17) is 4.42 Å². The number of thiazole rings is 1.